The topological polar surface area (TPSA) is 122 Å². The molecule has 0 aromatic heterocycles. The van der Waals surface area contributed by atoms with E-state index >= 15 is 0 Å². The van der Waals surface area contributed by atoms with Gasteiger partial charge in [-0.1, -0.05) is 44.5 Å². The molecule has 0 spiro atoms. The van der Waals surface area contributed by atoms with Crippen molar-refractivity contribution in [2.24, 2.45) is 0 Å². The molecule has 1 N–H and O–H groups in total. The number of rotatable bonds is 9. The van der Waals surface area contributed by atoms with Gasteiger partial charge in [-0.3, -0.25) is 9.10 Å². The van der Waals surface area contributed by atoms with Gasteiger partial charge in [0.2, 0.25) is 10.0 Å². The van der Waals surface area contributed by atoms with Crippen LogP contribution in [0.1, 0.15) is 31.9 Å². The third-order valence-electron chi connectivity index (χ3n) is 6.87. The molecule has 1 aliphatic rings. The highest BCUT2D eigenvalue weighted by Crippen LogP contribution is 2.40. The van der Waals surface area contributed by atoms with Crippen LogP contribution < -0.4 is 19.1 Å². The van der Waals surface area contributed by atoms with Crippen molar-refractivity contribution < 1.29 is 31.1 Å². The maximum Gasteiger partial charge on any atom is 0.264 e. The Morgan fingerprint density at radius 3 is 2.19 bits per heavy atom. The third kappa shape index (κ3) is 6.71. The maximum absolute atomic E-state index is 13.8. The van der Waals surface area contributed by atoms with Crippen LogP contribution in [0.5, 0.6) is 11.5 Å². The molecular formula is C30H37N3O7S2. The molecule has 1 amide bonds. The summed E-state index contributed by atoms with van der Waals surface area (Å²) in [6, 6.07) is 17.9. The fourth-order valence-corrected chi connectivity index (χ4v) is 6.66. The number of carbonyl (C=O) groups is 1. The number of aryl methyl sites for hydroxylation is 1. The lowest BCUT2D eigenvalue weighted by Crippen LogP contribution is -2.51. The van der Waals surface area contributed by atoms with Gasteiger partial charge in [-0.05, 0) is 66.4 Å². The van der Waals surface area contributed by atoms with Crippen LogP contribution in [-0.2, 0) is 30.3 Å². The largest absolute Gasteiger partial charge is 0.492 e. The maximum atomic E-state index is 13.8. The van der Waals surface area contributed by atoms with Gasteiger partial charge < -0.3 is 14.8 Å². The zero-order valence-corrected chi connectivity index (χ0v) is 26.3. The van der Waals surface area contributed by atoms with E-state index in [1.54, 1.807) is 48.5 Å². The minimum Gasteiger partial charge on any atom is -0.492 e. The fourth-order valence-electron chi connectivity index (χ4n) is 4.30. The van der Waals surface area contributed by atoms with E-state index in [4.69, 9.17) is 9.47 Å². The summed E-state index contributed by atoms with van der Waals surface area (Å²) in [6.07, 6.45) is -1.09. The van der Waals surface area contributed by atoms with Crippen molar-refractivity contribution in [1.82, 2.24) is 9.62 Å². The summed E-state index contributed by atoms with van der Waals surface area (Å²) in [7, 11) is -4.64. The second-order valence-corrected chi connectivity index (χ2v) is 15.3. The van der Waals surface area contributed by atoms with Crippen LogP contribution in [0.4, 0.5) is 5.69 Å². The molecule has 0 radical (unpaired) electrons. The molecule has 0 bridgehead atoms. The summed E-state index contributed by atoms with van der Waals surface area (Å²) >= 11 is 0. The molecule has 0 unspecified atom stereocenters. The highest BCUT2D eigenvalue weighted by atomic mass is 32.2. The van der Waals surface area contributed by atoms with Crippen molar-refractivity contribution in [3.63, 3.8) is 0 Å². The van der Waals surface area contributed by atoms with Gasteiger partial charge in [0.25, 0.3) is 15.9 Å². The first-order valence-corrected chi connectivity index (χ1v) is 16.3. The number of anilines is 1. The van der Waals surface area contributed by atoms with Crippen molar-refractivity contribution in [2.75, 3.05) is 38.1 Å². The predicted octanol–water partition coefficient (Wildman–Crippen LogP) is 3.69. The zero-order valence-electron chi connectivity index (χ0n) is 24.6. The lowest BCUT2D eigenvalue weighted by molar-refractivity contribution is -0.127. The number of sulfonamides is 2. The van der Waals surface area contributed by atoms with Gasteiger partial charge >= 0.3 is 0 Å². The van der Waals surface area contributed by atoms with E-state index in [1.807, 2.05) is 33.8 Å². The van der Waals surface area contributed by atoms with Crippen LogP contribution in [0.15, 0.2) is 76.5 Å². The van der Waals surface area contributed by atoms with Gasteiger partial charge in [-0.25, -0.2) is 21.1 Å². The van der Waals surface area contributed by atoms with Crippen molar-refractivity contribution in [2.45, 2.75) is 49.0 Å². The molecule has 0 aliphatic carbocycles. The SMILES string of the molecule is Cc1ccc(S(=O)(=O)N2C[C@@H](C(=O)NCCOc3ccc(S(=O)(=O)N(C)C)cc3)Oc3ccc(C(C)(C)C)cc32)cc1. The molecule has 12 heteroatoms. The number of hydrogen-bond acceptors (Lipinski definition) is 7. The molecule has 0 saturated carbocycles. The van der Waals surface area contributed by atoms with E-state index in [0.29, 0.717) is 17.2 Å². The normalized spacial score (nSPS) is 15.6. The average molecular weight is 616 g/mol. The highest BCUT2D eigenvalue weighted by molar-refractivity contribution is 7.92. The Bertz CT molecular complexity index is 1650. The molecule has 10 nitrogen and oxygen atoms in total. The van der Waals surface area contributed by atoms with E-state index in [9.17, 15) is 21.6 Å². The van der Waals surface area contributed by atoms with E-state index in [1.165, 1.54) is 30.5 Å². The fraction of sp³-hybridized carbons (Fsp3) is 0.367. The molecule has 42 heavy (non-hydrogen) atoms. The number of nitrogens with one attached hydrogen (secondary N) is 1. The monoisotopic (exact) mass is 615 g/mol. The first kappa shape index (κ1) is 31.3. The van der Waals surface area contributed by atoms with Gasteiger partial charge in [0.15, 0.2) is 6.10 Å². The average Bonchev–Trinajstić information content (AvgIpc) is 2.94. The van der Waals surface area contributed by atoms with E-state index in [2.05, 4.69) is 5.32 Å². The quantitative estimate of drug-likeness (QED) is 0.365. The van der Waals surface area contributed by atoms with Gasteiger partial charge in [0.05, 0.1) is 28.6 Å². The Kier molecular flexibility index (Phi) is 8.91. The first-order valence-electron chi connectivity index (χ1n) is 13.4. The predicted molar refractivity (Wildman–Crippen MR) is 161 cm³/mol. The second kappa shape index (κ2) is 11.9. The highest BCUT2D eigenvalue weighted by Gasteiger charge is 2.38. The van der Waals surface area contributed by atoms with Gasteiger partial charge in [-0.15, -0.1) is 0 Å². The summed E-state index contributed by atoms with van der Waals surface area (Å²) < 4.78 is 66.1. The number of fused-ring (bicyclic) bond motifs is 1. The Labute approximate surface area is 248 Å². The van der Waals surface area contributed by atoms with Crippen LogP contribution in [0.2, 0.25) is 0 Å². The number of benzene rings is 3. The summed E-state index contributed by atoms with van der Waals surface area (Å²) in [5, 5.41) is 2.75. The van der Waals surface area contributed by atoms with Gasteiger partial charge in [0, 0.05) is 14.1 Å². The number of ether oxygens (including phenoxy) is 2. The lowest BCUT2D eigenvalue weighted by atomic mass is 9.86. The summed E-state index contributed by atoms with van der Waals surface area (Å²) in [6.45, 7) is 8.02. The zero-order chi connectivity index (χ0) is 30.9. The van der Waals surface area contributed by atoms with Crippen molar-refractivity contribution in [3.8, 4) is 11.5 Å². The Morgan fingerprint density at radius 1 is 0.976 bits per heavy atom. The van der Waals surface area contributed by atoms with E-state index in [0.717, 1.165) is 15.4 Å². The summed E-state index contributed by atoms with van der Waals surface area (Å²) in [5.74, 6) is 0.254. The van der Waals surface area contributed by atoms with Gasteiger partial charge in [0.1, 0.15) is 18.1 Å². The minimum atomic E-state index is -4.00. The number of hydrogen-bond donors (Lipinski definition) is 1. The molecule has 4 rings (SSSR count). The standard InChI is InChI=1S/C30H37N3O7S2/c1-21-7-12-25(13-8-21)42(37,38)33-20-28(40-27-16-9-22(19-26(27)33)30(2,3)4)29(34)31-17-18-39-23-10-14-24(15-11-23)41(35,36)32(5)6/h7-16,19,28H,17-18,20H2,1-6H3,(H,31,34)/t28-/m0/s1. The van der Waals surface area contributed by atoms with Crippen molar-refractivity contribution in [3.05, 3.63) is 77.9 Å². The lowest BCUT2D eigenvalue weighted by Gasteiger charge is -2.36. The van der Waals surface area contributed by atoms with Crippen LogP contribution in [0, 0.1) is 6.92 Å². The Balaban J connectivity index is 1.48. The van der Waals surface area contributed by atoms with Crippen molar-refractivity contribution >= 4 is 31.6 Å². The first-order chi connectivity index (χ1) is 19.6. The van der Waals surface area contributed by atoms with E-state index in [-0.39, 0.29) is 34.9 Å². The second-order valence-electron chi connectivity index (χ2n) is 11.3. The molecule has 0 saturated heterocycles. The smallest absolute Gasteiger partial charge is 0.264 e. The molecule has 1 heterocycles. The van der Waals surface area contributed by atoms with Crippen LogP contribution in [0.3, 0.4) is 0 Å². The Morgan fingerprint density at radius 2 is 1.60 bits per heavy atom. The van der Waals surface area contributed by atoms with Crippen LogP contribution >= 0.6 is 0 Å². The molecule has 1 atom stereocenters. The third-order valence-corrected chi connectivity index (χ3v) is 10.5. The Hall–Kier alpha value is -3.61. The summed E-state index contributed by atoms with van der Waals surface area (Å²) in [4.78, 5) is 13.4. The van der Waals surface area contributed by atoms with Crippen LogP contribution in [-0.4, -0.2) is 66.9 Å². The minimum absolute atomic E-state index is 0.106. The molecular weight excluding hydrogens is 578 g/mol. The molecule has 0 fully saturated rings. The van der Waals surface area contributed by atoms with Gasteiger partial charge in [-0.2, -0.15) is 0 Å². The van der Waals surface area contributed by atoms with Crippen LogP contribution in [0.25, 0.3) is 0 Å². The molecule has 3 aromatic rings. The number of amides is 1. The molecule has 3 aromatic carbocycles. The summed E-state index contributed by atoms with van der Waals surface area (Å²) in [5.41, 5.74) is 2.01. The number of carbonyl (C=O) groups excluding carboxylic acids is 1. The molecule has 226 valence electrons. The molecule has 1 aliphatic heterocycles. The number of nitrogens with zero attached hydrogens (tertiary/aromatic N) is 2. The van der Waals surface area contributed by atoms with E-state index < -0.39 is 32.1 Å². The van der Waals surface area contributed by atoms with Crippen molar-refractivity contribution in [1.29, 1.82) is 0 Å².